The normalized spacial score (nSPS) is 14.4. The molecular weight excluding hydrogens is 264 g/mol. The summed E-state index contributed by atoms with van der Waals surface area (Å²) in [5.74, 6) is 0.653. The minimum Gasteiger partial charge on any atom is -0.351 e. The van der Waals surface area contributed by atoms with Crippen molar-refractivity contribution in [2.75, 3.05) is 10.6 Å². The van der Waals surface area contributed by atoms with E-state index in [4.69, 9.17) is 22.1 Å². The second-order valence-electron chi connectivity index (χ2n) is 4.95. The van der Waals surface area contributed by atoms with Crippen LogP contribution in [0.3, 0.4) is 0 Å². The Morgan fingerprint density at radius 2 is 2.00 bits per heavy atom. The van der Waals surface area contributed by atoms with Gasteiger partial charge in [0.25, 0.3) is 0 Å². The van der Waals surface area contributed by atoms with Crippen LogP contribution in [0.25, 0.3) is 0 Å². The van der Waals surface area contributed by atoms with Crippen LogP contribution in [0.2, 0.25) is 5.15 Å². The maximum absolute atomic E-state index is 9.10. The van der Waals surface area contributed by atoms with Crippen LogP contribution < -0.4 is 10.6 Å². The summed E-state index contributed by atoms with van der Waals surface area (Å²) < 4.78 is 0. The molecule has 0 amide bonds. The van der Waals surface area contributed by atoms with Crippen molar-refractivity contribution in [1.29, 1.82) is 10.5 Å². The topological polar surface area (TPSA) is 97.4 Å². The molecule has 2 N–H and O–H groups in total. The zero-order valence-electron chi connectivity index (χ0n) is 10.7. The van der Waals surface area contributed by atoms with Crippen molar-refractivity contribution in [1.82, 2.24) is 9.97 Å². The maximum Gasteiger partial charge on any atom is 0.226 e. The summed E-state index contributed by atoms with van der Waals surface area (Å²) in [5.41, 5.74) is -0.702. The van der Waals surface area contributed by atoms with Crippen LogP contribution in [0, 0.1) is 22.7 Å². The highest BCUT2D eigenvalue weighted by Gasteiger charge is 2.25. The second kappa shape index (κ2) is 4.91. The fraction of sp³-hybridized carbons (Fsp3) is 0.500. The summed E-state index contributed by atoms with van der Waals surface area (Å²) >= 11 is 5.97. The number of hydrogen-bond donors (Lipinski definition) is 2. The van der Waals surface area contributed by atoms with Gasteiger partial charge in [-0.05, 0) is 26.7 Å². The molecule has 6 nitrogen and oxygen atoms in total. The van der Waals surface area contributed by atoms with Crippen LogP contribution in [-0.4, -0.2) is 21.5 Å². The first-order valence-electron chi connectivity index (χ1n) is 5.89. The van der Waals surface area contributed by atoms with E-state index in [-0.39, 0.29) is 16.5 Å². The first-order valence-corrected chi connectivity index (χ1v) is 6.26. The summed E-state index contributed by atoms with van der Waals surface area (Å²) in [6.45, 7) is 3.39. The van der Waals surface area contributed by atoms with E-state index >= 15 is 0 Å². The molecule has 1 saturated carbocycles. The van der Waals surface area contributed by atoms with Crippen LogP contribution in [0.1, 0.15) is 32.3 Å². The van der Waals surface area contributed by atoms with Crippen molar-refractivity contribution in [2.24, 2.45) is 0 Å². The lowest BCUT2D eigenvalue weighted by atomic mass is 10.1. The van der Waals surface area contributed by atoms with Crippen molar-refractivity contribution in [3.63, 3.8) is 0 Å². The second-order valence-corrected chi connectivity index (χ2v) is 5.31. The van der Waals surface area contributed by atoms with E-state index in [0.717, 1.165) is 12.8 Å². The monoisotopic (exact) mass is 276 g/mol. The number of nitriles is 2. The molecule has 1 aliphatic rings. The van der Waals surface area contributed by atoms with Gasteiger partial charge in [0.1, 0.15) is 17.2 Å². The highest BCUT2D eigenvalue weighted by molar-refractivity contribution is 6.31. The van der Waals surface area contributed by atoms with E-state index in [0.29, 0.717) is 12.0 Å². The maximum atomic E-state index is 9.10. The van der Waals surface area contributed by atoms with Gasteiger partial charge in [0.05, 0.1) is 6.07 Å². The van der Waals surface area contributed by atoms with Gasteiger partial charge in [0, 0.05) is 6.04 Å². The van der Waals surface area contributed by atoms with Crippen molar-refractivity contribution in [2.45, 2.75) is 38.3 Å². The zero-order chi connectivity index (χ0) is 14.0. The van der Waals surface area contributed by atoms with Crippen LogP contribution in [0.5, 0.6) is 0 Å². The fourth-order valence-electron chi connectivity index (χ4n) is 1.42. The van der Waals surface area contributed by atoms with E-state index in [9.17, 15) is 0 Å². The third kappa shape index (κ3) is 3.24. The highest BCUT2D eigenvalue weighted by Crippen LogP contribution is 2.28. The Morgan fingerprint density at radius 3 is 2.53 bits per heavy atom. The van der Waals surface area contributed by atoms with Crippen LogP contribution in [0.15, 0.2) is 0 Å². The van der Waals surface area contributed by atoms with E-state index in [2.05, 4.69) is 26.7 Å². The average Bonchev–Trinajstić information content (AvgIpc) is 3.12. The Labute approximate surface area is 116 Å². The molecule has 1 aliphatic carbocycles. The van der Waals surface area contributed by atoms with Gasteiger partial charge in [-0.3, -0.25) is 0 Å². The van der Waals surface area contributed by atoms with Crippen LogP contribution in [0.4, 0.5) is 11.8 Å². The van der Waals surface area contributed by atoms with Gasteiger partial charge in [-0.15, -0.1) is 0 Å². The van der Waals surface area contributed by atoms with Crippen LogP contribution >= 0.6 is 11.6 Å². The lowest BCUT2D eigenvalue weighted by Crippen LogP contribution is -2.29. The predicted molar refractivity (Wildman–Crippen MR) is 71.7 cm³/mol. The number of rotatable bonds is 4. The van der Waals surface area contributed by atoms with E-state index in [1.807, 2.05) is 6.07 Å². The van der Waals surface area contributed by atoms with Gasteiger partial charge in [0.2, 0.25) is 5.95 Å². The lowest BCUT2D eigenvalue weighted by molar-refractivity contribution is 0.722. The van der Waals surface area contributed by atoms with Crippen molar-refractivity contribution < 1.29 is 0 Å². The molecule has 0 unspecified atom stereocenters. The molecule has 1 heterocycles. The third-order valence-corrected chi connectivity index (χ3v) is 2.87. The van der Waals surface area contributed by atoms with Gasteiger partial charge in [-0.2, -0.15) is 20.5 Å². The smallest absolute Gasteiger partial charge is 0.226 e. The molecule has 1 fully saturated rings. The Balaban J connectivity index is 2.35. The van der Waals surface area contributed by atoms with Gasteiger partial charge in [-0.1, -0.05) is 11.6 Å². The molecule has 0 aliphatic heterocycles. The lowest BCUT2D eigenvalue weighted by Gasteiger charge is -2.19. The van der Waals surface area contributed by atoms with E-state index in [1.54, 1.807) is 13.8 Å². The largest absolute Gasteiger partial charge is 0.351 e. The molecule has 0 aromatic carbocycles. The van der Waals surface area contributed by atoms with Crippen LogP contribution in [-0.2, 0) is 0 Å². The summed E-state index contributed by atoms with van der Waals surface area (Å²) in [7, 11) is 0. The van der Waals surface area contributed by atoms with Gasteiger partial charge < -0.3 is 10.6 Å². The quantitative estimate of drug-likeness (QED) is 0.819. The third-order valence-electron chi connectivity index (χ3n) is 2.60. The van der Waals surface area contributed by atoms with Crippen molar-refractivity contribution in [3.8, 4) is 12.1 Å². The molecular formula is C12H13ClN6. The number of anilines is 2. The first kappa shape index (κ1) is 13.4. The van der Waals surface area contributed by atoms with Gasteiger partial charge in [-0.25, -0.2) is 0 Å². The number of hydrogen-bond acceptors (Lipinski definition) is 6. The van der Waals surface area contributed by atoms with Gasteiger partial charge in [0.15, 0.2) is 11.0 Å². The Morgan fingerprint density at radius 1 is 1.32 bits per heavy atom. The number of nitrogens with one attached hydrogen (secondary N) is 2. The first-order chi connectivity index (χ1) is 8.95. The fourth-order valence-corrected chi connectivity index (χ4v) is 1.63. The molecule has 0 bridgehead atoms. The minimum atomic E-state index is -0.847. The molecule has 0 radical (unpaired) electrons. The molecule has 7 heteroatoms. The Hall–Kier alpha value is -2.05. The van der Waals surface area contributed by atoms with E-state index in [1.165, 1.54) is 0 Å². The molecule has 0 saturated heterocycles. The summed E-state index contributed by atoms with van der Waals surface area (Å²) in [5, 5.41) is 24.2. The molecule has 98 valence electrons. The highest BCUT2D eigenvalue weighted by atomic mass is 35.5. The summed E-state index contributed by atoms with van der Waals surface area (Å²) in [6.07, 6.45) is 2.15. The SMILES string of the molecule is CC(C)(C#N)Nc1nc(NC2CC2)nc(Cl)c1C#N. The summed E-state index contributed by atoms with van der Waals surface area (Å²) in [6, 6.07) is 4.41. The molecule has 1 aromatic rings. The summed E-state index contributed by atoms with van der Waals surface area (Å²) in [4.78, 5) is 8.26. The molecule has 0 atom stereocenters. The zero-order valence-corrected chi connectivity index (χ0v) is 11.4. The molecule has 2 rings (SSSR count). The number of aromatic nitrogens is 2. The molecule has 0 spiro atoms. The molecule has 19 heavy (non-hydrogen) atoms. The standard InChI is InChI=1S/C12H13ClN6/c1-12(2,6-15)19-10-8(5-14)9(13)17-11(18-10)16-7-3-4-7/h7H,3-4H2,1-2H3,(H2,16,17,18,19). The Kier molecular flexibility index (Phi) is 3.46. The van der Waals surface area contributed by atoms with Gasteiger partial charge >= 0.3 is 0 Å². The average molecular weight is 277 g/mol. The number of halogens is 1. The minimum absolute atomic E-state index is 0.0805. The molecule has 1 aromatic heterocycles. The van der Waals surface area contributed by atoms with Crippen molar-refractivity contribution >= 4 is 23.4 Å². The Bertz CT molecular complexity index is 579. The predicted octanol–water partition coefficient (Wildman–Crippen LogP) is 2.29. The number of nitrogens with zero attached hydrogens (tertiary/aromatic N) is 4. The van der Waals surface area contributed by atoms with Crippen molar-refractivity contribution in [3.05, 3.63) is 10.7 Å². The van der Waals surface area contributed by atoms with E-state index < -0.39 is 5.54 Å².